The lowest BCUT2D eigenvalue weighted by Crippen LogP contribution is -2.06. The van der Waals surface area contributed by atoms with Crippen molar-refractivity contribution in [2.24, 2.45) is 0 Å². The molecule has 2 aromatic heterocycles. The highest BCUT2D eigenvalue weighted by molar-refractivity contribution is 5.42. The minimum Gasteiger partial charge on any atom is -0.377 e. The molecule has 0 aliphatic heterocycles. The van der Waals surface area contributed by atoms with Crippen LogP contribution in [0.1, 0.15) is 25.5 Å². The molecule has 0 aliphatic carbocycles. The second kappa shape index (κ2) is 4.95. The molecule has 0 aromatic carbocycles. The fourth-order valence-corrected chi connectivity index (χ4v) is 1.57. The fraction of sp³-hybridized carbons (Fsp3) is 0.333. The van der Waals surface area contributed by atoms with Gasteiger partial charge in [0.15, 0.2) is 0 Å². The number of rotatable bonds is 4. The van der Waals surface area contributed by atoms with E-state index in [2.05, 4.69) is 15.4 Å². The Morgan fingerprint density at radius 3 is 2.82 bits per heavy atom. The minimum absolute atomic E-state index is 0.113. The third-order valence-corrected chi connectivity index (χ3v) is 2.59. The van der Waals surface area contributed by atoms with Crippen LogP contribution in [0, 0.1) is 5.95 Å². The van der Waals surface area contributed by atoms with E-state index in [1.165, 1.54) is 12.3 Å². The average Bonchev–Trinajstić information content (AvgIpc) is 2.81. The van der Waals surface area contributed by atoms with Crippen LogP contribution in [0.4, 0.5) is 10.1 Å². The van der Waals surface area contributed by atoms with Crippen LogP contribution in [-0.2, 0) is 6.54 Å². The van der Waals surface area contributed by atoms with E-state index in [1.54, 1.807) is 6.07 Å². The van der Waals surface area contributed by atoms with Gasteiger partial charge in [-0.15, -0.1) is 0 Å². The predicted molar refractivity (Wildman–Crippen MR) is 64.1 cm³/mol. The predicted octanol–water partition coefficient (Wildman–Crippen LogP) is 2.61. The molecule has 0 spiro atoms. The number of halogens is 1. The van der Waals surface area contributed by atoms with E-state index in [-0.39, 0.29) is 6.04 Å². The number of aromatic nitrogens is 3. The molecule has 17 heavy (non-hydrogen) atoms. The number of aryl methyl sites for hydroxylation is 1. The Labute approximate surface area is 99.5 Å². The fourth-order valence-electron chi connectivity index (χ4n) is 1.57. The van der Waals surface area contributed by atoms with Gasteiger partial charge in [-0.05, 0) is 26.0 Å². The van der Waals surface area contributed by atoms with E-state index in [9.17, 15) is 4.39 Å². The summed E-state index contributed by atoms with van der Waals surface area (Å²) in [6.07, 6.45) is 5.31. The maximum absolute atomic E-state index is 12.6. The summed E-state index contributed by atoms with van der Waals surface area (Å²) >= 11 is 0. The third-order valence-electron chi connectivity index (χ3n) is 2.59. The molecule has 0 amide bonds. The zero-order chi connectivity index (χ0) is 12.3. The second-order valence-electron chi connectivity index (χ2n) is 3.86. The smallest absolute Gasteiger partial charge is 0.212 e. The van der Waals surface area contributed by atoms with Crippen molar-refractivity contribution < 1.29 is 4.39 Å². The number of nitrogens with zero attached hydrogens (tertiary/aromatic N) is 3. The van der Waals surface area contributed by atoms with Crippen LogP contribution in [0.5, 0.6) is 0 Å². The molecule has 90 valence electrons. The van der Waals surface area contributed by atoms with Gasteiger partial charge in [-0.3, -0.25) is 4.68 Å². The van der Waals surface area contributed by atoms with Crippen molar-refractivity contribution in [3.8, 4) is 0 Å². The van der Waals surface area contributed by atoms with Crippen molar-refractivity contribution in [1.29, 1.82) is 0 Å². The van der Waals surface area contributed by atoms with E-state index >= 15 is 0 Å². The van der Waals surface area contributed by atoms with E-state index in [0.29, 0.717) is 0 Å². The van der Waals surface area contributed by atoms with Crippen molar-refractivity contribution in [3.05, 3.63) is 42.2 Å². The maximum atomic E-state index is 12.6. The van der Waals surface area contributed by atoms with Crippen molar-refractivity contribution >= 4 is 5.69 Å². The molecule has 4 nitrogen and oxygen atoms in total. The molecule has 1 atom stereocenters. The minimum atomic E-state index is -0.470. The number of hydrogen-bond donors (Lipinski definition) is 1. The van der Waals surface area contributed by atoms with Crippen LogP contribution < -0.4 is 5.32 Å². The number of pyridine rings is 1. The summed E-state index contributed by atoms with van der Waals surface area (Å²) in [5.74, 6) is -0.470. The van der Waals surface area contributed by atoms with Crippen LogP contribution in [-0.4, -0.2) is 14.8 Å². The average molecular weight is 234 g/mol. The van der Waals surface area contributed by atoms with Crippen LogP contribution in [0.2, 0.25) is 0 Å². The number of nitrogens with one attached hydrogen (secondary N) is 1. The lowest BCUT2D eigenvalue weighted by molar-refractivity contribution is 0.584. The topological polar surface area (TPSA) is 42.7 Å². The van der Waals surface area contributed by atoms with Crippen LogP contribution >= 0.6 is 0 Å². The van der Waals surface area contributed by atoms with Crippen LogP contribution in [0.25, 0.3) is 0 Å². The van der Waals surface area contributed by atoms with E-state index in [1.807, 2.05) is 30.9 Å². The summed E-state index contributed by atoms with van der Waals surface area (Å²) in [6.45, 7) is 4.92. The molecule has 0 saturated heterocycles. The molecule has 0 radical (unpaired) electrons. The molecule has 0 saturated carbocycles. The van der Waals surface area contributed by atoms with Gasteiger partial charge in [-0.1, -0.05) is 0 Å². The maximum Gasteiger partial charge on any atom is 0.212 e. The van der Waals surface area contributed by atoms with Gasteiger partial charge in [0, 0.05) is 18.3 Å². The first kappa shape index (κ1) is 11.6. The highest BCUT2D eigenvalue weighted by Crippen LogP contribution is 2.17. The van der Waals surface area contributed by atoms with Gasteiger partial charge in [0.25, 0.3) is 0 Å². The standard InChI is InChI=1S/C12H15FN4/c1-3-17-8-10(6-15-17)9(2)16-11-4-5-12(13)14-7-11/h4-9,16H,3H2,1-2H3. The van der Waals surface area contributed by atoms with E-state index in [0.717, 1.165) is 17.8 Å². The van der Waals surface area contributed by atoms with Crippen molar-refractivity contribution in [3.63, 3.8) is 0 Å². The summed E-state index contributed by atoms with van der Waals surface area (Å²) in [6, 6.07) is 3.12. The van der Waals surface area contributed by atoms with E-state index in [4.69, 9.17) is 0 Å². The van der Waals surface area contributed by atoms with E-state index < -0.39 is 5.95 Å². The monoisotopic (exact) mass is 234 g/mol. The molecule has 2 aromatic rings. The molecule has 1 N–H and O–H groups in total. The molecule has 0 fully saturated rings. The van der Waals surface area contributed by atoms with Crippen LogP contribution in [0.15, 0.2) is 30.7 Å². The Hall–Kier alpha value is -1.91. The molecular formula is C12H15FN4. The molecule has 2 rings (SSSR count). The summed E-state index contributed by atoms with van der Waals surface area (Å²) in [4.78, 5) is 3.60. The summed E-state index contributed by atoms with van der Waals surface area (Å²) in [5.41, 5.74) is 1.89. The lowest BCUT2D eigenvalue weighted by Gasteiger charge is -2.12. The van der Waals surface area contributed by atoms with Gasteiger partial charge in [0.05, 0.1) is 24.1 Å². The first-order valence-electron chi connectivity index (χ1n) is 5.59. The Morgan fingerprint density at radius 1 is 1.41 bits per heavy atom. The van der Waals surface area contributed by atoms with Gasteiger partial charge in [-0.25, -0.2) is 4.98 Å². The Balaban J connectivity index is 2.05. The van der Waals surface area contributed by atoms with Gasteiger partial charge in [0.1, 0.15) is 0 Å². The Bertz CT molecular complexity index is 478. The summed E-state index contributed by atoms with van der Waals surface area (Å²) in [5, 5.41) is 7.45. The highest BCUT2D eigenvalue weighted by Gasteiger charge is 2.07. The quantitative estimate of drug-likeness (QED) is 0.827. The van der Waals surface area contributed by atoms with Gasteiger partial charge in [-0.2, -0.15) is 9.49 Å². The Kier molecular flexibility index (Phi) is 3.37. The van der Waals surface area contributed by atoms with Gasteiger partial charge in [0.2, 0.25) is 5.95 Å². The molecule has 2 heterocycles. The largest absolute Gasteiger partial charge is 0.377 e. The first-order chi connectivity index (χ1) is 8.19. The first-order valence-corrected chi connectivity index (χ1v) is 5.59. The molecule has 0 aliphatic rings. The molecule has 0 bridgehead atoms. The number of hydrogen-bond acceptors (Lipinski definition) is 3. The second-order valence-corrected chi connectivity index (χ2v) is 3.86. The molecule has 5 heteroatoms. The van der Waals surface area contributed by atoms with Crippen molar-refractivity contribution in [2.75, 3.05) is 5.32 Å². The Morgan fingerprint density at radius 2 is 2.24 bits per heavy atom. The summed E-state index contributed by atoms with van der Waals surface area (Å²) in [7, 11) is 0. The SMILES string of the molecule is CCn1cc(C(C)Nc2ccc(F)nc2)cn1. The molecular weight excluding hydrogens is 219 g/mol. The summed E-state index contributed by atoms with van der Waals surface area (Å²) < 4.78 is 14.5. The van der Waals surface area contributed by atoms with Gasteiger partial charge >= 0.3 is 0 Å². The zero-order valence-corrected chi connectivity index (χ0v) is 9.89. The van der Waals surface area contributed by atoms with Gasteiger partial charge < -0.3 is 5.32 Å². The highest BCUT2D eigenvalue weighted by atomic mass is 19.1. The van der Waals surface area contributed by atoms with Crippen LogP contribution in [0.3, 0.4) is 0 Å². The van der Waals surface area contributed by atoms with Crippen molar-refractivity contribution in [2.45, 2.75) is 26.4 Å². The number of anilines is 1. The molecule has 1 unspecified atom stereocenters. The normalized spacial score (nSPS) is 12.4. The zero-order valence-electron chi connectivity index (χ0n) is 9.89. The lowest BCUT2D eigenvalue weighted by atomic mass is 10.2. The van der Waals surface area contributed by atoms with Crippen molar-refractivity contribution in [1.82, 2.24) is 14.8 Å². The third kappa shape index (κ3) is 2.81.